The molecule has 0 saturated carbocycles. The third kappa shape index (κ3) is 2.44. The molecule has 0 aromatic carbocycles. The fraction of sp³-hybridized carbons (Fsp3) is 0.800. The molecule has 0 radical (unpaired) electrons. The minimum Gasteiger partial charge on any atom is -0.362 e. The van der Waals surface area contributed by atoms with Crippen LogP contribution in [-0.2, 0) is 0 Å². The van der Waals surface area contributed by atoms with E-state index in [4.69, 9.17) is 5.84 Å². The van der Waals surface area contributed by atoms with Gasteiger partial charge in [-0.2, -0.15) is 5.10 Å². The first-order valence-electron chi connectivity index (χ1n) is 2.63. The zero-order valence-corrected chi connectivity index (χ0v) is 5.63. The van der Waals surface area contributed by atoms with Gasteiger partial charge in [-0.1, -0.05) is 0 Å². The third-order valence-corrected chi connectivity index (χ3v) is 1.06. The topological polar surface area (TPSA) is 41.6 Å². The molecule has 0 aliphatic heterocycles. The van der Waals surface area contributed by atoms with Crippen LogP contribution in [0.25, 0.3) is 0 Å². The molecule has 3 nitrogen and oxygen atoms in total. The molecule has 0 aliphatic carbocycles. The minimum atomic E-state index is 0.474. The number of hydrazone groups is 1. The third-order valence-electron chi connectivity index (χ3n) is 1.06. The average molecular weight is 115 g/mol. The molecule has 0 aliphatic rings. The number of rotatable bonds is 2. The molecule has 48 valence electrons. The molecule has 0 aromatic rings. The summed E-state index contributed by atoms with van der Waals surface area (Å²) in [5.41, 5.74) is 0. The van der Waals surface area contributed by atoms with Gasteiger partial charge in [-0.05, 0) is 13.8 Å². The molecule has 0 atom stereocenters. The SMILES string of the molecule is CC(C)N(C)/C=N\N. The molecule has 0 heterocycles. The Balaban J connectivity index is 3.47. The van der Waals surface area contributed by atoms with Crippen molar-refractivity contribution in [2.24, 2.45) is 10.9 Å². The fourth-order valence-corrected chi connectivity index (χ4v) is 0.238. The van der Waals surface area contributed by atoms with Crippen LogP contribution in [0.4, 0.5) is 0 Å². The van der Waals surface area contributed by atoms with Crippen molar-refractivity contribution in [3.05, 3.63) is 0 Å². The predicted molar refractivity (Wildman–Crippen MR) is 35.6 cm³/mol. The van der Waals surface area contributed by atoms with Crippen molar-refractivity contribution in [3.63, 3.8) is 0 Å². The van der Waals surface area contributed by atoms with Gasteiger partial charge in [0.15, 0.2) is 0 Å². The molecule has 0 saturated heterocycles. The Hall–Kier alpha value is -0.730. The Morgan fingerprint density at radius 2 is 2.12 bits per heavy atom. The van der Waals surface area contributed by atoms with E-state index >= 15 is 0 Å². The van der Waals surface area contributed by atoms with Crippen LogP contribution in [0.3, 0.4) is 0 Å². The Kier molecular flexibility index (Phi) is 2.99. The summed E-state index contributed by atoms with van der Waals surface area (Å²) in [5.74, 6) is 4.89. The first-order valence-corrected chi connectivity index (χ1v) is 2.63. The second-order valence-corrected chi connectivity index (χ2v) is 2.02. The van der Waals surface area contributed by atoms with Gasteiger partial charge < -0.3 is 10.7 Å². The van der Waals surface area contributed by atoms with Crippen molar-refractivity contribution in [1.82, 2.24) is 4.90 Å². The molecule has 2 N–H and O–H groups in total. The molecular weight excluding hydrogens is 102 g/mol. The van der Waals surface area contributed by atoms with E-state index in [1.54, 1.807) is 6.34 Å². The highest BCUT2D eigenvalue weighted by Crippen LogP contribution is 1.86. The summed E-state index contributed by atoms with van der Waals surface area (Å²) in [4.78, 5) is 1.93. The highest BCUT2D eigenvalue weighted by atomic mass is 15.2. The van der Waals surface area contributed by atoms with E-state index in [1.165, 1.54) is 0 Å². The molecule has 0 aromatic heterocycles. The molecule has 3 heteroatoms. The lowest BCUT2D eigenvalue weighted by atomic mass is 10.4. The van der Waals surface area contributed by atoms with Gasteiger partial charge in [0.2, 0.25) is 0 Å². The molecule has 8 heavy (non-hydrogen) atoms. The van der Waals surface area contributed by atoms with Gasteiger partial charge in [0.05, 0.1) is 0 Å². The summed E-state index contributed by atoms with van der Waals surface area (Å²) in [5, 5.41) is 3.36. The van der Waals surface area contributed by atoms with Crippen LogP contribution < -0.4 is 5.84 Å². The summed E-state index contributed by atoms with van der Waals surface area (Å²) in [6.07, 6.45) is 1.60. The summed E-state index contributed by atoms with van der Waals surface area (Å²) in [7, 11) is 1.93. The standard InChI is InChI=1S/C5H13N3/c1-5(2)8(3)4-7-6/h4-5H,6H2,1-3H3/b7-4-. The number of nitrogens with two attached hydrogens (primary N) is 1. The lowest BCUT2D eigenvalue weighted by Gasteiger charge is -2.16. The Morgan fingerprint density at radius 1 is 1.62 bits per heavy atom. The normalized spacial score (nSPS) is 11.0. The van der Waals surface area contributed by atoms with E-state index in [-0.39, 0.29) is 0 Å². The van der Waals surface area contributed by atoms with Crippen LogP contribution in [0, 0.1) is 0 Å². The van der Waals surface area contributed by atoms with Crippen molar-refractivity contribution in [3.8, 4) is 0 Å². The quantitative estimate of drug-likeness (QED) is 0.242. The second-order valence-electron chi connectivity index (χ2n) is 2.02. The maximum atomic E-state index is 4.89. The van der Waals surface area contributed by atoms with E-state index in [0.717, 1.165) is 0 Å². The lowest BCUT2D eigenvalue weighted by molar-refractivity contribution is 0.428. The van der Waals surface area contributed by atoms with Crippen LogP contribution in [-0.4, -0.2) is 24.3 Å². The predicted octanol–water partition coefficient (Wildman–Crippen LogP) is 0.229. The van der Waals surface area contributed by atoms with Crippen LogP contribution in [0.1, 0.15) is 13.8 Å². The second kappa shape index (κ2) is 3.29. The van der Waals surface area contributed by atoms with Gasteiger partial charge in [-0.15, -0.1) is 0 Å². The Bertz CT molecular complexity index is 77.7. The highest BCUT2D eigenvalue weighted by molar-refractivity contribution is 5.54. The average Bonchev–Trinajstić information content (AvgIpc) is 1.67. The molecule has 0 spiro atoms. The molecule has 0 rings (SSSR count). The van der Waals surface area contributed by atoms with Gasteiger partial charge in [0, 0.05) is 13.1 Å². The summed E-state index contributed by atoms with van der Waals surface area (Å²) in [6.45, 7) is 4.14. The molecule has 0 fully saturated rings. The van der Waals surface area contributed by atoms with Crippen molar-refractivity contribution in [1.29, 1.82) is 0 Å². The molecule has 0 amide bonds. The van der Waals surface area contributed by atoms with E-state index in [0.29, 0.717) is 6.04 Å². The van der Waals surface area contributed by atoms with Crippen molar-refractivity contribution < 1.29 is 0 Å². The van der Waals surface area contributed by atoms with Gasteiger partial charge in [0.1, 0.15) is 6.34 Å². The van der Waals surface area contributed by atoms with Gasteiger partial charge in [-0.25, -0.2) is 0 Å². The van der Waals surface area contributed by atoms with E-state index in [2.05, 4.69) is 18.9 Å². The van der Waals surface area contributed by atoms with Crippen molar-refractivity contribution in [2.75, 3.05) is 7.05 Å². The smallest absolute Gasteiger partial charge is 0.110 e. The van der Waals surface area contributed by atoms with Gasteiger partial charge in [-0.3, -0.25) is 0 Å². The first kappa shape index (κ1) is 7.27. The first-order chi connectivity index (χ1) is 3.68. The van der Waals surface area contributed by atoms with Crippen LogP contribution >= 0.6 is 0 Å². The van der Waals surface area contributed by atoms with Crippen LogP contribution in [0.2, 0.25) is 0 Å². The molecule has 0 unspecified atom stereocenters. The summed E-state index contributed by atoms with van der Waals surface area (Å²) < 4.78 is 0. The molecular formula is C5H13N3. The van der Waals surface area contributed by atoms with Gasteiger partial charge in [0.25, 0.3) is 0 Å². The zero-order chi connectivity index (χ0) is 6.57. The number of nitrogens with zero attached hydrogens (tertiary/aromatic N) is 2. The highest BCUT2D eigenvalue weighted by Gasteiger charge is 1.94. The summed E-state index contributed by atoms with van der Waals surface area (Å²) >= 11 is 0. The Morgan fingerprint density at radius 3 is 2.25 bits per heavy atom. The monoisotopic (exact) mass is 115 g/mol. The molecule has 0 bridgehead atoms. The van der Waals surface area contributed by atoms with Crippen molar-refractivity contribution >= 4 is 6.34 Å². The van der Waals surface area contributed by atoms with Crippen LogP contribution in [0.5, 0.6) is 0 Å². The summed E-state index contributed by atoms with van der Waals surface area (Å²) in [6, 6.07) is 0.474. The van der Waals surface area contributed by atoms with E-state index in [1.807, 2.05) is 11.9 Å². The largest absolute Gasteiger partial charge is 0.362 e. The van der Waals surface area contributed by atoms with E-state index in [9.17, 15) is 0 Å². The van der Waals surface area contributed by atoms with Gasteiger partial charge >= 0.3 is 0 Å². The fourth-order valence-electron chi connectivity index (χ4n) is 0.238. The number of hydrogen-bond donors (Lipinski definition) is 1. The van der Waals surface area contributed by atoms with Crippen molar-refractivity contribution in [2.45, 2.75) is 19.9 Å². The van der Waals surface area contributed by atoms with Crippen LogP contribution in [0.15, 0.2) is 5.10 Å². The maximum Gasteiger partial charge on any atom is 0.110 e. The van der Waals surface area contributed by atoms with E-state index < -0.39 is 0 Å². The zero-order valence-electron chi connectivity index (χ0n) is 5.63. The minimum absolute atomic E-state index is 0.474. The lowest BCUT2D eigenvalue weighted by Crippen LogP contribution is -2.24. The maximum absolute atomic E-state index is 4.89. The Labute approximate surface area is 50.2 Å². The number of hydrogen-bond acceptors (Lipinski definition) is 2.